The van der Waals surface area contributed by atoms with Crippen LogP contribution in [0.3, 0.4) is 0 Å². The molecular weight excluding hydrogens is 444 g/mol. The molecule has 1 saturated carbocycles. The summed E-state index contributed by atoms with van der Waals surface area (Å²) < 4.78 is 6.78. The van der Waals surface area contributed by atoms with E-state index in [1.54, 1.807) is 18.2 Å². The zero-order chi connectivity index (χ0) is 24.8. The minimum Gasteiger partial charge on any atom is -0.508 e. The maximum atomic E-state index is 13.7. The molecule has 7 heteroatoms. The van der Waals surface area contributed by atoms with Crippen LogP contribution in [0.4, 0.5) is 0 Å². The van der Waals surface area contributed by atoms with Gasteiger partial charge in [0, 0.05) is 12.2 Å². The van der Waals surface area contributed by atoms with Gasteiger partial charge in [0.25, 0.3) is 11.5 Å². The number of phenolic OH excluding ortho intramolecular Hbond substituents is 1. The summed E-state index contributed by atoms with van der Waals surface area (Å²) in [6.07, 6.45) is 12.0. The number of aromatic nitrogens is 1. The summed E-state index contributed by atoms with van der Waals surface area (Å²) in [5, 5.41) is 12.3. The zero-order valence-corrected chi connectivity index (χ0v) is 20.6. The normalized spacial score (nSPS) is 17.5. The Balaban J connectivity index is 1.70. The highest BCUT2D eigenvalue weighted by Crippen LogP contribution is 2.27. The lowest BCUT2D eigenvalue weighted by molar-refractivity contribution is -0.143. The number of methoxy groups -OCH3 is 1. The third-order valence-corrected chi connectivity index (χ3v) is 7.45. The topological polar surface area (TPSA) is 97.6 Å². The third kappa shape index (κ3) is 5.95. The highest BCUT2D eigenvalue weighted by Gasteiger charge is 2.28. The number of nitrogens with one attached hydrogen (secondary N) is 1. The van der Waals surface area contributed by atoms with E-state index < -0.39 is 17.9 Å². The van der Waals surface area contributed by atoms with Gasteiger partial charge in [0.05, 0.1) is 7.11 Å². The molecule has 2 aliphatic carbocycles. The molecule has 0 saturated heterocycles. The van der Waals surface area contributed by atoms with Crippen molar-refractivity contribution in [2.24, 2.45) is 5.92 Å². The van der Waals surface area contributed by atoms with Crippen molar-refractivity contribution in [3.8, 4) is 5.75 Å². The summed E-state index contributed by atoms with van der Waals surface area (Å²) in [7, 11) is 1.25. The first-order valence-electron chi connectivity index (χ1n) is 12.9. The van der Waals surface area contributed by atoms with Gasteiger partial charge in [0.15, 0.2) is 6.04 Å². The largest absolute Gasteiger partial charge is 0.508 e. The van der Waals surface area contributed by atoms with Crippen LogP contribution in [0.25, 0.3) is 0 Å². The highest BCUT2D eigenvalue weighted by molar-refractivity contribution is 5.97. The number of hydrogen-bond acceptors (Lipinski definition) is 5. The molecule has 0 aliphatic heterocycles. The monoisotopic (exact) mass is 480 g/mol. The predicted molar refractivity (Wildman–Crippen MR) is 133 cm³/mol. The van der Waals surface area contributed by atoms with Crippen LogP contribution in [-0.4, -0.2) is 28.7 Å². The van der Waals surface area contributed by atoms with Crippen LogP contribution in [-0.2, 0) is 28.9 Å². The number of hydrogen-bond donors (Lipinski definition) is 2. The lowest BCUT2D eigenvalue weighted by atomic mass is 9.88. The van der Waals surface area contributed by atoms with Crippen LogP contribution in [0.2, 0.25) is 0 Å². The number of aryl methyl sites for hydroxylation is 1. The molecule has 1 fully saturated rings. The van der Waals surface area contributed by atoms with Crippen molar-refractivity contribution in [3.63, 3.8) is 0 Å². The van der Waals surface area contributed by atoms with Crippen LogP contribution < -0.4 is 10.9 Å². The maximum Gasteiger partial charge on any atom is 0.333 e. The van der Waals surface area contributed by atoms with Crippen LogP contribution in [0.1, 0.15) is 91.0 Å². The van der Waals surface area contributed by atoms with Gasteiger partial charge in [-0.3, -0.25) is 9.59 Å². The lowest BCUT2D eigenvalue weighted by Gasteiger charge is -2.27. The number of pyridine rings is 1. The molecule has 1 unspecified atom stereocenters. The van der Waals surface area contributed by atoms with E-state index in [-0.39, 0.29) is 16.9 Å². The Morgan fingerprint density at radius 2 is 1.69 bits per heavy atom. The fourth-order valence-corrected chi connectivity index (χ4v) is 5.49. The van der Waals surface area contributed by atoms with E-state index in [2.05, 4.69) is 5.32 Å². The van der Waals surface area contributed by atoms with Crippen LogP contribution in [0.5, 0.6) is 5.75 Å². The second-order valence-electron chi connectivity index (χ2n) is 9.89. The zero-order valence-electron chi connectivity index (χ0n) is 20.6. The molecule has 0 spiro atoms. The Morgan fingerprint density at radius 3 is 2.37 bits per heavy atom. The number of benzene rings is 1. The average Bonchev–Trinajstić information content (AvgIpc) is 2.85. The van der Waals surface area contributed by atoms with Gasteiger partial charge in [-0.25, -0.2) is 4.79 Å². The Hall–Kier alpha value is -3.09. The fraction of sp³-hybridized carbons (Fsp3) is 0.536. The lowest BCUT2D eigenvalue weighted by Crippen LogP contribution is -2.40. The Labute approximate surface area is 206 Å². The van der Waals surface area contributed by atoms with E-state index in [9.17, 15) is 19.5 Å². The summed E-state index contributed by atoms with van der Waals surface area (Å²) in [5.41, 5.74) is 2.43. The summed E-state index contributed by atoms with van der Waals surface area (Å²) in [4.78, 5) is 39.7. The molecule has 1 aromatic heterocycles. The minimum atomic E-state index is -1.08. The van der Waals surface area contributed by atoms with Crippen molar-refractivity contribution < 1.29 is 19.4 Å². The molecular formula is C28H36N2O5. The highest BCUT2D eigenvalue weighted by atomic mass is 16.5. The number of aromatic hydroxyl groups is 1. The molecule has 1 amide bonds. The van der Waals surface area contributed by atoms with Crippen molar-refractivity contribution in [1.29, 1.82) is 0 Å². The van der Waals surface area contributed by atoms with Crippen LogP contribution in [0, 0.1) is 5.92 Å². The molecule has 0 radical (unpaired) electrons. The number of fused-ring (bicyclic) bond motifs is 1. The first kappa shape index (κ1) is 25.0. The predicted octanol–water partition coefficient (Wildman–Crippen LogP) is 4.44. The van der Waals surface area contributed by atoms with E-state index >= 15 is 0 Å². The van der Waals surface area contributed by atoms with E-state index in [1.807, 2.05) is 4.57 Å². The number of nitrogens with zero attached hydrogens (tertiary/aromatic N) is 1. The van der Waals surface area contributed by atoms with Gasteiger partial charge in [-0.2, -0.15) is 0 Å². The summed E-state index contributed by atoms with van der Waals surface area (Å²) in [6, 6.07) is 6.67. The Kier molecular flexibility index (Phi) is 8.26. The smallest absolute Gasteiger partial charge is 0.333 e. The van der Waals surface area contributed by atoms with Crippen molar-refractivity contribution in [2.75, 3.05) is 7.11 Å². The molecule has 4 rings (SSSR count). The molecule has 2 N–H and O–H groups in total. The Bertz CT molecular complexity index is 1100. The second kappa shape index (κ2) is 11.6. The molecule has 1 atom stereocenters. The van der Waals surface area contributed by atoms with Crippen molar-refractivity contribution in [3.05, 3.63) is 63.1 Å². The first-order chi connectivity index (χ1) is 17.0. The van der Waals surface area contributed by atoms with E-state index in [1.165, 1.54) is 38.5 Å². The fourth-order valence-electron chi connectivity index (χ4n) is 5.49. The number of amides is 1. The summed E-state index contributed by atoms with van der Waals surface area (Å²) in [6.45, 7) is 0.653. The van der Waals surface area contributed by atoms with Gasteiger partial charge in [0.1, 0.15) is 11.3 Å². The number of carbonyl (C=O) groups is 2. The first-order valence-corrected chi connectivity index (χ1v) is 12.9. The van der Waals surface area contributed by atoms with Gasteiger partial charge in [-0.15, -0.1) is 0 Å². The molecule has 1 heterocycles. The maximum absolute atomic E-state index is 13.7. The van der Waals surface area contributed by atoms with Gasteiger partial charge in [-0.1, -0.05) is 44.2 Å². The molecule has 188 valence electrons. The standard InChI is InChI=1S/C28H36N2O5/c1-35-28(34)25(20-13-15-22(31)16-14-20)29-26(32)23-17-21-11-7-2-3-8-12-24(21)30(27(23)33)18-19-9-5-4-6-10-19/h13-17,19,25,31H,2-12,18H2,1H3,(H,29,32). The average molecular weight is 481 g/mol. The van der Waals surface area contributed by atoms with Crippen molar-refractivity contribution in [2.45, 2.75) is 83.2 Å². The van der Waals surface area contributed by atoms with Crippen molar-refractivity contribution >= 4 is 11.9 Å². The van der Waals surface area contributed by atoms with E-state index in [4.69, 9.17) is 4.74 Å². The van der Waals surface area contributed by atoms with E-state index in [0.29, 0.717) is 18.0 Å². The molecule has 7 nitrogen and oxygen atoms in total. The van der Waals surface area contributed by atoms with Gasteiger partial charge in [-0.05, 0) is 73.8 Å². The molecule has 2 aromatic rings. The number of phenols is 1. The third-order valence-electron chi connectivity index (χ3n) is 7.45. The molecule has 2 aliphatic rings. The number of rotatable bonds is 6. The Morgan fingerprint density at radius 1 is 1.03 bits per heavy atom. The summed E-state index contributed by atoms with van der Waals surface area (Å²) in [5.74, 6) is -0.719. The van der Waals surface area contributed by atoms with Crippen molar-refractivity contribution in [1.82, 2.24) is 9.88 Å². The minimum absolute atomic E-state index is 0.0518. The summed E-state index contributed by atoms with van der Waals surface area (Å²) >= 11 is 0. The number of ether oxygens (including phenoxy) is 1. The SMILES string of the molecule is COC(=O)C(NC(=O)c1cc2c(n(CC3CCCCC3)c1=O)CCCCCC2)c1ccc(O)cc1. The van der Waals surface area contributed by atoms with Gasteiger partial charge >= 0.3 is 5.97 Å². The second-order valence-corrected chi connectivity index (χ2v) is 9.89. The van der Waals surface area contributed by atoms with E-state index in [0.717, 1.165) is 62.6 Å². The molecule has 35 heavy (non-hydrogen) atoms. The number of esters is 1. The van der Waals surface area contributed by atoms with Gasteiger partial charge in [0.2, 0.25) is 0 Å². The molecule has 0 bridgehead atoms. The molecule has 1 aromatic carbocycles. The number of carbonyl (C=O) groups excluding carboxylic acids is 2. The quantitative estimate of drug-likeness (QED) is 0.596. The van der Waals surface area contributed by atoms with Gasteiger partial charge < -0.3 is 19.7 Å². The van der Waals surface area contributed by atoms with Crippen LogP contribution >= 0.6 is 0 Å². The van der Waals surface area contributed by atoms with Crippen LogP contribution in [0.15, 0.2) is 35.1 Å².